The number of non-ortho nitro benzene ring substituents is 1. The van der Waals surface area contributed by atoms with Crippen LogP contribution >= 0.6 is 0 Å². The highest BCUT2D eigenvalue weighted by Gasteiger charge is 2.11. The van der Waals surface area contributed by atoms with Crippen LogP contribution in [0.3, 0.4) is 0 Å². The van der Waals surface area contributed by atoms with Gasteiger partial charge in [0.05, 0.1) is 17.0 Å². The van der Waals surface area contributed by atoms with Gasteiger partial charge >= 0.3 is 0 Å². The molecule has 0 saturated carbocycles. The summed E-state index contributed by atoms with van der Waals surface area (Å²) in [6, 6.07) is 13.9. The van der Waals surface area contributed by atoms with Crippen molar-refractivity contribution in [3.8, 4) is 11.4 Å². The van der Waals surface area contributed by atoms with Crippen molar-refractivity contribution in [1.29, 1.82) is 0 Å². The summed E-state index contributed by atoms with van der Waals surface area (Å²) in [5, 5.41) is 14.9. The Morgan fingerprint density at radius 3 is 2.58 bits per heavy atom. The van der Waals surface area contributed by atoms with Gasteiger partial charge in [0, 0.05) is 36.7 Å². The van der Waals surface area contributed by atoms with Crippen LogP contribution in [0.4, 0.5) is 11.5 Å². The maximum atomic E-state index is 10.8. The second kappa shape index (κ2) is 7.01. The van der Waals surface area contributed by atoms with Crippen molar-refractivity contribution in [3.05, 3.63) is 58.6 Å². The molecule has 7 nitrogen and oxygen atoms in total. The Labute approximate surface area is 138 Å². The third-order valence-electron chi connectivity index (χ3n) is 3.54. The molecule has 1 heterocycles. The Morgan fingerprint density at radius 1 is 1.12 bits per heavy atom. The molecule has 1 aromatic heterocycles. The number of hydrogen-bond donors (Lipinski definition) is 1. The standard InChI is InChI=1S/C17H16N4O3/c1-24-11-10-18-17-14-4-2-3-5-15(14)19-16(20-17)12-6-8-13(9-7-12)21(22)23/h2-9H,10-11H2,1H3,(H,18,19,20). The fraction of sp³-hybridized carbons (Fsp3) is 0.176. The minimum atomic E-state index is -0.428. The van der Waals surface area contributed by atoms with Crippen LogP contribution in [0.1, 0.15) is 0 Å². The summed E-state index contributed by atoms with van der Waals surface area (Å²) < 4.78 is 5.06. The lowest BCUT2D eigenvalue weighted by molar-refractivity contribution is -0.384. The molecule has 0 fully saturated rings. The lowest BCUT2D eigenvalue weighted by Crippen LogP contribution is -2.10. The lowest BCUT2D eigenvalue weighted by atomic mass is 10.1. The van der Waals surface area contributed by atoms with Crippen molar-refractivity contribution in [1.82, 2.24) is 9.97 Å². The van der Waals surface area contributed by atoms with Gasteiger partial charge in [0.15, 0.2) is 5.82 Å². The van der Waals surface area contributed by atoms with E-state index in [9.17, 15) is 10.1 Å². The van der Waals surface area contributed by atoms with Crippen molar-refractivity contribution in [2.24, 2.45) is 0 Å². The number of ether oxygens (including phenoxy) is 1. The maximum absolute atomic E-state index is 10.8. The van der Waals surface area contributed by atoms with E-state index >= 15 is 0 Å². The van der Waals surface area contributed by atoms with Crippen molar-refractivity contribution in [3.63, 3.8) is 0 Å². The number of para-hydroxylation sites is 1. The molecule has 0 radical (unpaired) electrons. The summed E-state index contributed by atoms with van der Waals surface area (Å²) in [5.41, 5.74) is 1.57. The third kappa shape index (κ3) is 3.31. The first kappa shape index (κ1) is 15.8. The second-order valence-corrected chi connectivity index (χ2v) is 5.14. The Morgan fingerprint density at radius 2 is 1.88 bits per heavy atom. The van der Waals surface area contributed by atoms with Gasteiger partial charge in [-0.15, -0.1) is 0 Å². The fourth-order valence-corrected chi connectivity index (χ4v) is 2.34. The topological polar surface area (TPSA) is 90.2 Å². The van der Waals surface area contributed by atoms with Gasteiger partial charge in [-0.25, -0.2) is 9.97 Å². The maximum Gasteiger partial charge on any atom is 0.269 e. The molecule has 0 aliphatic carbocycles. The molecule has 0 aliphatic heterocycles. The molecular formula is C17H16N4O3. The van der Waals surface area contributed by atoms with Crippen LogP contribution in [0.15, 0.2) is 48.5 Å². The van der Waals surface area contributed by atoms with Crippen LogP contribution in [0.25, 0.3) is 22.3 Å². The number of hydrogen-bond acceptors (Lipinski definition) is 6. The number of anilines is 1. The molecule has 1 N–H and O–H groups in total. The molecule has 2 aromatic carbocycles. The first-order chi connectivity index (χ1) is 11.7. The van der Waals surface area contributed by atoms with E-state index in [0.717, 1.165) is 16.5 Å². The van der Waals surface area contributed by atoms with E-state index in [1.165, 1.54) is 12.1 Å². The molecule has 24 heavy (non-hydrogen) atoms. The quantitative estimate of drug-likeness (QED) is 0.425. The van der Waals surface area contributed by atoms with E-state index in [4.69, 9.17) is 4.74 Å². The molecule has 7 heteroatoms. The normalized spacial score (nSPS) is 10.7. The molecule has 3 rings (SSSR count). The van der Waals surface area contributed by atoms with Crippen molar-refractivity contribution >= 4 is 22.4 Å². The van der Waals surface area contributed by atoms with Gasteiger partial charge in [0.1, 0.15) is 5.82 Å². The van der Waals surface area contributed by atoms with E-state index in [1.807, 2.05) is 24.3 Å². The summed E-state index contributed by atoms with van der Waals surface area (Å²) in [5.74, 6) is 1.23. The molecule has 0 saturated heterocycles. The van der Waals surface area contributed by atoms with E-state index in [-0.39, 0.29) is 5.69 Å². The van der Waals surface area contributed by atoms with Gasteiger partial charge in [-0.3, -0.25) is 10.1 Å². The number of nitrogens with one attached hydrogen (secondary N) is 1. The van der Waals surface area contributed by atoms with Crippen LogP contribution in [0.5, 0.6) is 0 Å². The zero-order valence-electron chi connectivity index (χ0n) is 13.1. The average molecular weight is 324 g/mol. The highest BCUT2D eigenvalue weighted by atomic mass is 16.6. The van der Waals surface area contributed by atoms with E-state index in [1.54, 1.807) is 19.2 Å². The number of methoxy groups -OCH3 is 1. The zero-order chi connectivity index (χ0) is 16.9. The Kier molecular flexibility index (Phi) is 4.62. The van der Waals surface area contributed by atoms with E-state index < -0.39 is 4.92 Å². The summed E-state index contributed by atoms with van der Waals surface area (Å²) in [6.45, 7) is 1.18. The molecule has 0 bridgehead atoms. The molecule has 0 amide bonds. The zero-order valence-corrected chi connectivity index (χ0v) is 13.1. The van der Waals surface area contributed by atoms with Gasteiger partial charge in [-0.05, 0) is 24.3 Å². The second-order valence-electron chi connectivity index (χ2n) is 5.14. The molecule has 0 spiro atoms. The monoisotopic (exact) mass is 324 g/mol. The predicted molar refractivity (Wildman–Crippen MR) is 92.0 cm³/mol. The summed E-state index contributed by atoms with van der Waals surface area (Å²) in [7, 11) is 1.64. The van der Waals surface area contributed by atoms with Gasteiger partial charge in [0.25, 0.3) is 5.69 Å². The molecule has 0 atom stereocenters. The number of nitro groups is 1. The molecule has 0 aliphatic rings. The summed E-state index contributed by atoms with van der Waals surface area (Å²) >= 11 is 0. The molecule has 122 valence electrons. The van der Waals surface area contributed by atoms with Crippen molar-refractivity contribution in [2.45, 2.75) is 0 Å². The van der Waals surface area contributed by atoms with Crippen LogP contribution < -0.4 is 5.32 Å². The van der Waals surface area contributed by atoms with Gasteiger partial charge in [-0.1, -0.05) is 12.1 Å². The van der Waals surface area contributed by atoms with Crippen LogP contribution in [-0.2, 0) is 4.74 Å². The average Bonchev–Trinajstić information content (AvgIpc) is 2.62. The van der Waals surface area contributed by atoms with Gasteiger partial charge in [-0.2, -0.15) is 0 Å². The highest BCUT2D eigenvalue weighted by Crippen LogP contribution is 2.25. The smallest absolute Gasteiger partial charge is 0.269 e. The van der Waals surface area contributed by atoms with E-state index in [0.29, 0.717) is 24.8 Å². The van der Waals surface area contributed by atoms with Crippen molar-refractivity contribution in [2.75, 3.05) is 25.6 Å². The Hall–Kier alpha value is -3.06. The fourth-order valence-electron chi connectivity index (χ4n) is 2.34. The molecule has 3 aromatic rings. The molecule has 0 unspecified atom stereocenters. The number of rotatable bonds is 6. The Balaban J connectivity index is 2.02. The van der Waals surface area contributed by atoms with Gasteiger partial charge < -0.3 is 10.1 Å². The van der Waals surface area contributed by atoms with E-state index in [2.05, 4.69) is 15.3 Å². The number of fused-ring (bicyclic) bond motifs is 1. The number of benzene rings is 2. The Bertz CT molecular complexity index is 865. The molecular weight excluding hydrogens is 308 g/mol. The van der Waals surface area contributed by atoms with Crippen molar-refractivity contribution < 1.29 is 9.66 Å². The number of nitrogens with zero attached hydrogens (tertiary/aromatic N) is 3. The highest BCUT2D eigenvalue weighted by molar-refractivity contribution is 5.90. The first-order valence-corrected chi connectivity index (χ1v) is 7.43. The predicted octanol–water partition coefficient (Wildman–Crippen LogP) is 3.26. The SMILES string of the molecule is COCCNc1nc(-c2ccc([N+](=O)[O-])cc2)nc2ccccc12. The number of aromatic nitrogens is 2. The first-order valence-electron chi connectivity index (χ1n) is 7.43. The minimum Gasteiger partial charge on any atom is -0.383 e. The van der Waals surface area contributed by atoms with Crippen LogP contribution in [-0.4, -0.2) is 35.2 Å². The summed E-state index contributed by atoms with van der Waals surface area (Å²) in [4.78, 5) is 19.5. The number of nitro benzene ring substituents is 1. The third-order valence-corrected chi connectivity index (χ3v) is 3.54. The minimum absolute atomic E-state index is 0.0398. The van der Waals surface area contributed by atoms with Crippen LogP contribution in [0, 0.1) is 10.1 Å². The lowest BCUT2D eigenvalue weighted by Gasteiger charge is -2.10. The van der Waals surface area contributed by atoms with Crippen LogP contribution in [0.2, 0.25) is 0 Å². The largest absolute Gasteiger partial charge is 0.383 e. The summed E-state index contributed by atoms with van der Waals surface area (Å²) in [6.07, 6.45) is 0. The van der Waals surface area contributed by atoms with Gasteiger partial charge in [0.2, 0.25) is 0 Å².